The van der Waals surface area contributed by atoms with Gasteiger partial charge < -0.3 is 10.8 Å². The summed E-state index contributed by atoms with van der Waals surface area (Å²) < 4.78 is 3.81. The van der Waals surface area contributed by atoms with Crippen molar-refractivity contribution in [1.82, 2.24) is 14.5 Å². The van der Waals surface area contributed by atoms with E-state index in [-0.39, 0.29) is 6.10 Å². The molecule has 1 aromatic rings. The zero-order valence-electron chi connectivity index (χ0n) is 8.76. The van der Waals surface area contributed by atoms with Gasteiger partial charge in [-0.05, 0) is 25.8 Å². The Hall–Kier alpha value is -0.720. The van der Waals surface area contributed by atoms with Crippen LogP contribution in [0.1, 0.15) is 19.0 Å². The Kier molecular flexibility index (Phi) is 3.18. The lowest BCUT2D eigenvalue weighted by Gasteiger charge is -2.16. The molecule has 1 aromatic heterocycles. The molecule has 3 N–H and O–H groups in total. The van der Waals surface area contributed by atoms with E-state index in [9.17, 15) is 5.11 Å². The summed E-state index contributed by atoms with van der Waals surface area (Å²) in [5.41, 5.74) is 6.60. The first-order valence-corrected chi connectivity index (χ1v) is 5.91. The standard InChI is InChI=1S/C9H16N4OS/c1-6(14)7-2-3-13(4-7)5-8-9(10)15-12-11-8/h6-7,14H,2-5,10H2,1H3. The summed E-state index contributed by atoms with van der Waals surface area (Å²) in [7, 11) is 0. The number of likely N-dealkylation sites (tertiary alicyclic amines) is 1. The Bertz CT molecular complexity index is 328. The average molecular weight is 228 g/mol. The molecule has 1 aliphatic rings. The summed E-state index contributed by atoms with van der Waals surface area (Å²) in [5, 5.41) is 14.2. The normalized spacial score (nSPS) is 24.5. The van der Waals surface area contributed by atoms with Gasteiger partial charge in [-0.25, -0.2) is 0 Å². The van der Waals surface area contributed by atoms with E-state index in [4.69, 9.17) is 5.73 Å². The molecule has 15 heavy (non-hydrogen) atoms. The highest BCUT2D eigenvalue weighted by Crippen LogP contribution is 2.23. The Morgan fingerprint density at radius 1 is 1.73 bits per heavy atom. The predicted molar refractivity (Wildman–Crippen MR) is 59.4 cm³/mol. The van der Waals surface area contributed by atoms with Crippen LogP contribution in [0.25, 0.3) is 0 Å². The molecule has 2 atom stereocenters. The van der Waals surface area contributed by atoms with Crippen LogP contribution in [0.3, 0.4) is 0 Å². The van der Waals surface area contributed by atoms with Gasteiger partial charge in [0, 0.05) is 24.6 Å². The molecule has 2 rings (SSSR count). The Morgan fingerprint density at radius 2 is 2.53 bits per heavy atom. The number of aromatic nitrogens is 2. The van der Waals surface area contributed by atoms with Gasteiger partial charge in [0.25, 0.3) is 0 Å². The first-order valence-electron chi connectivity index (χ1n) is 5.14. The molecule has 0 bridgehead atoms. The third-order valence-electron chi connectivity index (χ3n) is 2.95. The summed E-state index contributed by atoms with van der Waals surface area (Å²) in [6.07, 6.45) is 0.829. The van der Waals surface area contributed by atoms with E-state index in [1.165, 1.54) is 11.5 Å². The Labute approximate surface area is 93.1 Å². The maximum absolute atomic E-state index is 9.47. The van der Waals surface area contributed by atoms with Crippen LogP contribution in [0.5, 0.6) is 0 Å². The SMILES string of the molecule is CC(O)C1CCN(Cc2nnsc2N)C1. The lowest BCUT2D eigenvalue weighted by Crippen LogP contribution is -2.24. The van der Waals surface area contributed by atoms with E-state index in [0.717, 1.165) is 31.7 Å². The van der Waals surface area contributed by atoms with Crippen LogP contribution in [-0.2, 0) is 6.54 Å². The second kappa shape index (κ2) is 4.42. The van der Waals surface area contributed by atoms with Crippen molar-refractivity contribution >= 4 is 16.5 Å². The zero-order chi connectivity index (χ0) is 10.8. The van der Waals surface area contributed by atoms with Crippen LogP contribution in [0.15, 0.2) is 0 Å². The number of aliphatic hydroxyl groups excluding tert-OH is 1. The van der Waals surface area contributed by atoms with E-state index in [0.29, 0.717) is 10.9 Å². The number of hydrogen-bond acceptors (Lipinski definition) is 6. The van der Waals surface area contributed by atoms with Gasteiger partial charge in [0.2, 0.25) is 0 Å². The summed E-state index contributed by atoms with van der Waals surface area (Å²) in [4.78, 5) is 2.27. The number of anilines is 1. The van der Waals surface area contributed by atoms with Crippen molar-refractivity contribution in [1.29, 1.82) is 0 Å². The van der Waals surface area contributed by atoms with E-state index < -0.39 is 0 Å². The molecule has 2 heterocycles. The van der Waals surface area contributed by atoms with E-state index in [1.807, 2.05) is 6.92 Å². The number of aliphatic hydroxyl groups is 1. The minimum absolute atomic E-state index is 0.221. The van der Waals surface area contributed by atoms with Gasteiger partial charge >= 0.3 is 0 Å². The fraction of sp³-hybridized carbons (Fsp3) is 0.778. The van der Waals surface area contributed by atoms with Crippen LogP contribution in [0, 0.1) is 5.92 Å². The molecule has 0 aliphatic carbocycles. The Balaban J connectivity index is 1.90. The number of rotatable bonds is 3. The summed E-state index contributed by atoms with van der Waals surface area (Å²) in [5.74, 6) is 0.387. The molecule has 6 heteroatoms. The third-order valence-corrected chi connectivity index (χ3v) is 3.55. The van der Waals surface area contributed by atoms with Crippen LogP contribution in [0.2, 0.25) is 0 Å². The summed E-state index contributed by atoms with van der Waals surface area (Å²) in [6.45, 7) is 4.54. The highest BCUT2D eigenvalue weighted by atomic mass is 32.1. The topological polar surface area (TPSA) is 75.3 Å². The number of hydrogen-bond donors (Lipinski definition) is 2. The van der Waals surface area contributed by atoms with Gasteiger partial charge in [-0.3, -0.25) is 4.90 Å². The van der Waals surface area contributed by atoms with Gasteiger partial charge in [-0.1, -0.05) is 4.49 Å². The minimum atomic E-state index is -0.221. The van der Waals surface area contributed by atoms with E-state index in [2.05, 4.69) is 14.5 Å². The third kappa shape index (κ3) is 2.45. The van der Waals surface area contributed by atoms with Crippen molar-refractivity contribution in [3.63, 3.8) is 0 Å². The number of nitrogens with zero attached hydrogens (tertiary/aromatic N) is 3. The largest absolute Gasteiger partial charge is 0.393 e. The molecule has 0 radical (unpaired) electrons. The lowest BCUT2D eigenvalue weighted by molar-refractivity contribution is 0.127. The van der Waals surface area contributed by atoms with Crippen molar-refractivity contribution in [3.8, 4) is 0 Å². The first-order chi connectivity index (χ1) is 7.16. The van der Waals surface area contributed by atoms with Gasteiger partial charge in [0.15, 0.2) is 0 Å². The maximum atomic E-state index is 9.47. The van der Waals surface area contributed by atoms with Gasteiger partial charge in [0.05, 0.1) is 6.10 Å². The van der Waals surface area contributed by atoms with Gasteiger partial charge in [0.1, 0.15) is 10.7 Å². The highest BCUT2D eigenvalue weighted by molar-refractivity contribution is 7.09. The lowest BCUT2D eigenvalue weighted by atomic mass is 10.0. The molecule has 5 nitrogen and oxygen atoms in total. The summed E-state index contributed by atoms with van der Waals surface area (Å²) in [6, 6.07) is 0. The molecule has 1 aliphatic heterocycles. The molecule has 1 saturated heterocycles. The van der Waals surface area contributed by atoms with Crippen molar-refractivity contribution in [2.24, 2.45) is 5.92 Å². The minimum Gasteiger partial charge on any atom is -0.393 e. The molecular formula is C9H16N4OS. The fourth-order valence-corrected chi connectivity index (χ4v) is 2.38. The van der Waals surface area contributed by atoms with Crippen LogP contribution in [0.4, 0.5) is 5.00 Å². The van der Waals surface area contributed by atoms with Gasteiger partial charge in [-0.2, -0.15) is 0 Å². The Morgan fingerprint density at radius 3 is 3.07 bits per heavy atom. The average Bonchev–Trinajstić information content (AvgIpc) is 2.77. The van der Waals surface area contributed by atoms with Crippen molar-refractivity contribution in [2.75, 3.05) is 18.8 Å². The number of nitrogen functional groups attached to an aromatic ring is 1. The smallest absolute Gasteiger partial charge is 0.132 e. The van der Waals surface area contributed by atoms with E-state index in [1.54, 1.807) is 0 Å². The quantitative estimate of drug-likeness (QED) is 0.779. The summed E-state index contributed by atoms with van der Waals surface area (Å²) >= 11 is 1.24. The van der Waals surface area contributed by atoms with Crippen molar-refractivity contribution in [2.45, 2.75) is 26.0 Å². The molecule has 0 spiro atoms. The van der Waals surface area contributed by atoms with Crippen molar-refractivity contribution in [3.05, 3.63) is 5.69 Å². The molecule has 1 fully saturated rings. The van der Waals surface area contributed by atoms with Crippen LogP contribution in [-0.4, -0.2) is 38.8 Å². The molecule has 0 aromatic carbocycles. The van der Waals surface area contributed by atoms with Crippen molar-refractivity contribution < 1.29 is 5.11 Å². The van der Waals surface area contributed by atoms with Gasteiger partial charge in [-0.15, -0.1) is 5.10 Å². The molecule has 0 saturated carbocycles. The molecule has 84 valence electrons. The fourth-order valence-electron chi connectivity index (χ4n) is 1.94. The maximum Gasteiger partial charge on any atom is 0.132 e. The van der Waals surface area contributed by atoms with Crippen LogP contribution >= 0.6 is 11.5 Å². The van der Waals surface area contributed by atoms with Crippen LogP contribution < -0.4 is 5.73 Å². The second-order valence-electron chi connectivity index (χ2n) is 4.11. The second-order valence-corrected chi connectivity index (χ2v) is 4.89. The molecule has 2 unspecified atom stereocenters. The predicted octanol–water partition coefficient (Wildman–Crippen LogP) is 0.323. The molecular weight excluding hydrogens is 212 g/mol. The highest BCUT2D eigenvalue weighted by Gasteiger charge is 2.26. The molecule has 0 amide bonds. The number of nitrogens with two attached hydrogens (primary N) is 1. The zero-order valence-corrected chi connectivity index (χ0v) is 9.57. The monoisotopic (exact) mass is 228 g/mol. The first kappa shape index (κ1) is 10.8. The van der Waals surface area contributed by atoms with E-state index >= 15 is 0 Å².